The highest BCUT2D eigenvalue weighted by Gasteiger charge is 2.29. The van der Waals surface area contributed by atoms with E-state index in [-0.39, 0.29) is 18.4 Å². The van der Waals surface area contributed by atoms with Crippen molar-refractivity contribution in [3.63, 3.8) is 0 Å². The number of benzene rings is 1. The lowest BCUT2D eigenvalue weighted by Crippen LogP contribution is -2.43. The van der Waals surface area contributed by atoms with E-state index in [1.54, 1.807) is 25.7 Å². The van der Waals surface area contributed by atoms with E-state index in [1.165, 1.54) is 6.33 Å². The van der Waals surface area contributed by atoms with Gasteiger partial charge < -0.3 is 19.3 Å². The molecule has 1 unspecified atom stereocenters. The van der Waals surface area contributed by atoms with E-state index in [0.29, 0.717) is 31.3 Å². The van der Waals surface area contributed by atoms with E-state index < -0.39 is 0 Å². The Morgan fingerprint density at radius 1 is 1.24 bits per heavy atom. The third kappa shape index (κ3) is 5.09. The standard InChI is InChI=1S/C24H28N6O3/c1-16-5-6-20(32-4)17(9-16)10-22(31)30-7-8-33-21(14-30)23-19(18-11-25-15-26-12-18)13-27-24(28-23)29(2)3/h5-6,9,11-13,15,21H,7-8,10,14H2,1-4H3. The Balaban J connectivity index is 1.60. The third-order valence-corrected chi connectivity index (χ3v) is 5.58. The molecule has 1 saturated heterocycles. The monoisotopic (exact) mass is 448 g/mol. The van der Waals surface area contributed by atoms with Gasteiger partial charge in [0.05, 0.1) is 32.4 Å². The van der Waals surface area contributed by atoms with Crippen molar-refractivity contribution >= 4 is 11.9 Å². The summed E-state index contributed by atoms with van der Waals surface area (Å²) in [5.41, 5.74) is 4.28. The first-order chi connectivity index (χ1) is 16.0. The number of ether oxygens (including phenoxy) is 2. The van der Waals surface area contributed by atoms with Gasteiger partial charge in [0.1, 0.15) is 18.2 Å². The molecule has 9 nitrogen and oxygen atoms in total. The van der Waals surface area contributed by atoms with Gasteiger partial charge in [-0.15, -0.1) is 0 Å². The zero-order valence-electron chi connectivity index (χ0n) is 19.4. The molecule has 0 radical (unpaired) electrons. The van der Waals surface area contributed by atoms with E-state index in [9.17, 15) is 4.79 Å². The molecular weight excluding hydrogens is 420 g/mol. The van der Waals surface area contributed by atoms with Crippen molar-refractivity contribution in [1.82, 2.24) is 24.8 Å². The lowest BCUT2D eigenvalue weighted by atomic mass is 10.0. The van der Waals surface area contributed by atoms with Gasteiger partial charge in [0.15, 0.2) is 0 Å². The molecule has 0 bridgehead atoms. The van der Waals surface area contributed by atoms with Crippen LogP contribution in [0.4, 0.5) is 5.95 Å². The van der Waals surface area contributed by atoms with E-state index in [4.69, 9.17) is 14.5 Å². The molecule has 4 rings (SSSR count). The summed E-state index contributed by atoms with van der Waals surface area (Å²) >= 11 is 0. The molecule has 33 heavy (non-hydrogen) atoms. The van der Waals surface area contributed by atoms with Gasteiger partial charge in [0.25, 0.3) is 0 Å². The number of morpholine rings is 1. The molecule has 0 aliphatic carbocycles. The van der Waals surface area contributed by atoms with Gasteiger partial charge in [-0.2, -0.15) is 0 Å². The second kappa shape index (κ2) is 9.91. The average molecular weight is 449 g/mol. The van der Waals surface area contributed by atoms with Crippen molar-refractivity contribution in [3.05, 3.63) is 59.9 Å². The number of methoxy groups -OCH3 is 1. The number of amides is 1. The first kappa shape index (κ1) is 22.6. The van der Waals surface area contributed by atoms with Crippen molar-refractivity contribution in [2.75, 3.05) is 45.8 Å². The number of aromatic nitrogens is 4. The number of hydrogen-bond donors (Lipinski definition) is 0. The first-order valence-electron chi connectivity index (χ1n) is 10.8. The molecule has 1 aliphatic rings. The average Bonchev–Trinajstić information content (AvgIpc) is 2.84. The molecule has 1 aliphatic heterocycles. The van der Waals surface area contributed by atoms with Gasteiger partial charge in [-0.05, 0) is 13.0 Å². The van der Waals surface area contributed by atoms with Crippen molar-refractivity contribution in [2.45, 2.75) is 19.4 Å². The Bertz CT molecular complexity index is 1120. The fourth-order valence-corrected chi connectivity index (χ4v) is 3.87. The minimum Gasteiger partial charge on any atom is -0.496 e. The van der Waals surface area contributed by atoms with E-state index >= 15 is 0 Å². The van der Waals surface area contributed by atoms with Gasteiger partial charge in [-0.25, -0.2) is 19.9 Å². The summed E-state index contributed by atoms with van der Waals surface area (Å²) in [6, 6.07) is 5.87. The van der Waals surface area contributed by atoms with E-state index in [0.717, 1.165) is 28.0 Å². The highest BCUT2D eigenvalue weighted by molar-refractivity contribution is 5.80. The van der Waals surface area contributed by atoms with Crippen LogP contribution in [-0.4, -0.2) is 71.6 Å². The fourth-order valence-electron chi connectivity index (χ4n) is 3.87. The SMILES string of the molecule is COc1ccc(C)cc1CC(=O)N1CCOC(c2nc(N(C)C)ncc2-c2cncnc2)C1. The van der Waals surface area contributed by atoms with E-state index in [1.807, 2.05) is 49.0 Å². The maximum absolute atomic E-state index is 13.2. The van der Waals surface area contributed by atoms with Crippen LogP contribution in [0.15, 0.2) is 43.1 Å². The Morgan fingerprint density at radius 3 is 2.76 bits per heavy atom. The molecule has 172 valence electrons. The smallest absolute Gasteiger partial charge is 0.227 e. The molecular formula is C24H28N6O3. The number of carbonyl (C=O) groups excluding carboxylic acids is 1. The van der Waals surface area contributed by atoms with Crippen LogP contribution in [0, 0.1) is 6.92 Å². The topological polar surface area (TPSA) is 93.6 Å². The second-order valence-corrected chi connectivity index (χ2v) is 8.18. The summed E-state index contributed by atoms with van der Waals surface area (Å²) in [6.07, 6.45) is 6.57. The highest BCUT2D eigenvalue weighted by atomic mass is 16.5. The number of anilines is 1. The summed E-state index contributed by atoms with van der Waals surface area (Å²) in [7, 11) is 5.39. The zero-order valence-corrected chi connectivity index (χ0v) is 19.4. The third-order valence-electron chi connectivity index (χ3n) is 5.58. The largest absolute Gasteiger partial charge is 0.496 e. The first-order valence-corrected chi connectivity index (χ1v) is 10.8. The lowest BCUT2D eigenvalue weighted by Gasteiger charge is -2.33. The van der Waals surface area contributed by atoms with Crippen LogP contribution < -0.4 is 9.64 Å². The Hall–Kier alpha value is -3.59. The normalized spacial score (nSPS) is 15.9. The van der Waals surface area contributed by atoms with Crippen LogP contribution in [-0.2, 0) is 16.0 Å². The van der Waals surface area contributed by atoms with Crippen molar-refractivity contribution in [1.29, 1.82) is 0 Å². The number of carbonyl (C=O) groups is 1. The molecule has 9 heteroatoms. The number of hydrogen-bond acceptors (Lipinski definition) is 8. The Morgan fingerprint density at radius 2 is 2.03 bits per heavy atom. The van der Waals surface area contributed by atoms with Crippen LogP contribution >= 0.6 is 0 Å². The fraction of sp³-hybridized carbons (Fsp3) is 0.375. The minimum atomic E-state index is -0.390. The Kier molecular flexibility index (Phi) is 6.79. The van der Waals surface area contributed by atoms with E-state index in [2.05, 4.69) is 15.0 Å². The van der Waals surface area contributed by atoms with Crippen molar-refractivity contribution in [3.8, 4) is 16.9 Å². The van der Waals surface area contributed by atoms with Crippen molar-refractivity contribution in [2.24, 2.45) is 0 Å². The van der Waals surface area contributed by atoms with Crippen LogP contribution in [0.3, 0.4) is 0 Å². The van der Waals surface area contributed by atoms with Gasteiger partial charge >= 0.3 is 0 Å². The zero-order chi connectivity index (χ0) is 23.4. The lowest BCUT2D eigenvalue weighted by molar-refractivity contribution is -0.138. The molecule has 1 aromatic carbocycles. The molecule has 3 heterocycles. The quantitative estimate of drug-likeness (QED) is 0.568. The van der Waals surface area contributed by atoms with Gasteiger partial charge in [0.2, 0.25) is 11.9 Å². The van der Waals surface area contributed by atoms with Crippen LogP contribution in [0.25, 0.3) is 11.1 Å². The number of rotatable bonds is 6. The molecule has 0 saturated carbocycles. The van der Waals surface area contributed by atoms with Crippen LogP contribution in [0.2, 0.25) is 0 Å². The number of aryl methyl sites for hydroxylation is 1. The number of nitrogens with zero attached hydrogens (tertiary/aromatic N) is 6. The summed E-state index contributed by atoms with van der Waals surface area (Å²) in [5.74, 6) is 1.32. The van der Waals surface area contributed by atoms with Crippen LogP contribution in [0.1, 0.15) is 22.9 Å². The molecule has 1 amide bonds. The Labute approximate surface area is 193 Å². The summed E-state index contributed by atoms with van der Waals surface area (Å²) in [4.78, 5) is 34.3. The van der Waals surface area contributed by atoms with Crippen molar-refractivity contribution < 1.29 is 14.3 Å². The highest BCUT2D eigenvalue weighted by Crippen LogP contribution is 2.31. The molecule has 1 atom stereocenters. The van der Waals surface area contributed by atoms with Gasteiger partial charge in [-0.1, -0.05) is 17.7 Å². The van der Waals surface area contributed by atoms with Gasteiger partial charge in [-0.3, -0.25) is 4.79 Å². The summed E-state index contributed by atoms with van der Waals surface area (Å²) in [6.45, 7) is 3.36. The minimum absolute atomic E-state index is 0.0266. The molecule has 0 spiro atoms. The molecule has 1 fully saturated rings. The van der Waals surface area contributed by atoms with Gasteiger partial charge in [0, 0.05) is 55.9 Å². The van der Waals surface area contributed by atoms with Crippen LogP contribution in [0.5, 0.6) is 5.75 Å². The molecule has 3 aromatic rings. The summed E-state index contributed by atoms with van der Waals surface area (Å²) < 4.78 is 11.5. The molecule has 0 N–H and O–H groups in total. The maximum atomic E-state index is 13.2. The second-order valence-electron chi connectivity index (χ2n) is 8.18. The predicted octanol–water partition coefficient (Wildman–Crippen LogP) is 2.46. The molecule has 2 aromatic heterocycles. The predicted molar refractivity (Wildman–Crippen MR) is 124 cm³/mol. The summed E-state index contributed by atoms with van der Waals surface area (Å²) in [5, 5.41) is 0. The maximum Gasteiger partial charge on any atom is 0.227 e.